The van der Waals surface area contributed by atoms with E-state index in [-0.39, 0.29) is 17.6 Å². The van der Waals surface area contributed by atoms with Gasteiger partial charge >= 0.3 is 11.9 Å². The molecule has 0 unspecified atom stereocenters. The molecule has 0 radical (unpaired) electrons. The highest BCUT2D eigenvalue weighted by Crippen LogP contribution is 2.15. The number of hydrogen-bond acceptors (Lipinski definition) is 4. The lowest BCUT2D eigenvalue weighted by Crippen LogP contribution is -2.16. The third-order valence-corrected chi connectivity index (χ3v) is 3.73. The molecule has 1 aliphatic rings. The summed E-state index contributed by atoms with van der Waals surface area (Å²) in [5, 5.41) is 19.5. The number of pyridine rings is 1. The predicted molar refractivity (Wildman–Crippen MR) is 91.7 cm³/mol. The molecule has 0 bridgehead atoms. The van der Waals surface area contributed by atoms with Crippen LogP contribution in [0.4, 0.5) is 0 Å². The van der Waals surface area contributed by atoms with Crippen LogP contribution in [-0.2, 0) is 22.4 Å². The number of carboxylic acids is 2. The lowest BCUT2D eigenvalue weighted by molar-refractivity contribution is -0.133. The summed E-state index contributed by atoms with van der Waals surface area (Å²) >= 11 is 0. The Hall–Kier alpha value is -2.63. The fraction of sp³-hybridized carbons (Fsp3) is 0.389. The third-order valence-electron chi connectivity index (χ3n) is 3.73. The van der Waals surface area contributed by atoms with Crippen LogP contribution in [0, 0.1) is 13.8 Å². The molecule has 0 saturated heterocycles. The average Bonchev–Trinajstić information content (AvgIpc) is 2.54. The van der Waals surface area contributed by atoms with E-state index >= 15 is 0 Å². The zero-order valence-corrected chi connectivity index (χ0v) is 14.5. The number of nitrogens with one attached hydrogen (secondary N) is 1. The highest BCUT2D eigenvalue weighted by atomic mass is 16.4. The van der Waals surface area contributed by atoms with Crippen molar-refractivity contribution in [3.05, 3.63) is 52.1 Å². The summed E-state index contributed by atoms with van der Waals surface area (Å²) in [5.74, 6) is -2.20. The molecular formula is C18H24N2O4. The molecule has 3 N–H and O–H groups in total. The summed E-state index contributed by atoms with van der Waals surface area (Å²) in [5.41, 5.74) is 5.34. The van der Waals surface area contributed by atoms with Gasteiger partial charge in [0.05, 0.1) is 11.1 Å². The van der Waals surface area contributed by atoms with Crippen LogP contribution in [0.2, 0.25) is 0 Å². The Balaban J connectivity index is 0.000000240. The number of aryl methyl sites for hydroxylation is 3. The van der Waals surface area contributed by atoms with Crippen molar-refractivity contribution in [3.8, 4) is 0 Å². The van der Waals surface area contributed by atoms with E-state index in [4.69, 9.17) is 10.2 Å². The highest BCUT2D eigenvalue weighted by molar-refractivity contribution is 5.93. The molecule has 0 aliphatic carbocycles. The summed E-state index contributed by atoms with van der Waals surface area (Å²) in [4.78, 5) is 25.2. The number of rotatable bonds is 4. The molecule has 0 spiro atoms. The number of hydrogen-bond donors (Lipinski definition) is 3. The van der Waals surface area contributed by atoms with E-state index in [9.17, 15) is 9.59 Å². The molecule has 6 nitrogen and oxygen atoms in total. The van der Waals surface area contributed by atoms with Gasteiger partial charge in [0.15, 0.2) is 0 Å². The van der Waals surface area contributed by atoms with E-state index in [0.29, 0.717) is 0 Å². The van der Waals surface area contributed by atoms with E-state index in [1.165, 1.54) is 29.2 Å². The van der Waals surface area contributed by atoms with E-state index in [1.807, 2.05) is 0 Å². The van der Waals surface area contributed by atoms with E-state index in [1.54, 1.807) is 0 Å². The normalized spacial score (nSPS) is 13.0. The van der Waals surface area contributed by atoms with Crippen molar-refractivity contribution in [2.75, 3.05) is 0 Å². The maximum atomic E-state index is 10.4. The number of aromatic nitrogens is 1. The lowest BCUT2D eigenvalue weighted by Gasteiger charge is -2.09. The molecule has 24 heavy (non-hydrogen) atoms. The van der Waals surface area contributed by atoms with Gasteiger partial charge in [-0.2, -0.15) is 0 Å². The van der Waals surface area contributed by atoms with Crippen LogP contribution in [0.25, 0.3) is 0 Å². The Bertz CT molecular complexity index is 663. The van der Waals surface area contributed by atoms with Gasteiger partial charge in [-0.1, -0.05) is 13.8 Å². The molecular weight excluding hydrogens is 308 g/mol. The summed E-state index contributed by atoms with van der Waals surface area (Å²) in [7, 11) is 0. The molecule has 1 aromatic heterocycles. The Morgan fingerprint density at radius 1 is 1.08 bits per heavy atom. The van der Waals surface area contributed by atoms with Gasteiger partial charge in [-0.25, -0.2) is 9.59 Å². The molecule has 0 aromatic carbocycles. The molecule has 1 aromatic rings. The maximum absolute atomic E-state index is 10.4. The smallest absolute Gasteiger partial charge is 0.333 e. The minimum atomic E-state index is -1.10. The fourth-order valence-corrected chi connectivity index (χ4v) is 2.56. The van der Waals surface area contributed by atoms with Gasteiger partial charge in [0.1, 0.15) is 0 Å². The number of dihydropyridines is 1. The van der Waals surface area contributed by atoms with Gasteiger partial charge in [-0.15, -0.1) is 0 Å². The van der Waals surface area contributed by atoms with E-state index < -0.39 is 11.9 Å². The highest BCUT2D eigenvalue weighted by Gasteiger charge is 2.17. The first-order chi connectivity index (χ1) is 11.3. The zero-order valence-electron chi connectivity index (χ0n) is 14.5. The second-order valence-electron chi connectivity index (χ2n) is 5.49. The first-order valence-electron chi connectivity index (χ1n) is 7.86. The second-order valence-corrected chi connectivity index (χ2v) is 5.49. The van der Waals surface area contributed by atoms with E-state index in [2.05, 4.69) is 44.1 Å². The maximum Gasteiger partial charge on any atom is 0.333 e. The van der Waals surface area contributed by atoms with Crippen LogP contribution in [0.15, 0.2) is 29.6 Å². The van der Waals surface area contributed by atoms with Gasteiger partial charge in [-0.05, 0) is 43.9 Å². The van der Waals surface area contributed by atoms with Gasteiger partial charge in [-0.3, -0.25) is 4.98 Å². The molecule has 0 amide bonds. The van der Waals surface area contributed by atoms with Crippen LogP contribution in [0.1, 0.15) is 42.8 Å². The van der Waals surface area contributed by atoms with Crippen molar-refractivity contribution in [1.82, 2.24) is 10.3 Å². The largest absolute Gasteiger partial charge is 0.478 e. The average molecular weight is 332 g/mol. The first-order valence-corrected chi connectivity index (χ1v) is 7.86. The molecule has 0 saturated carbocycles. The molecule has 0 atom stereocenters. The Kier molecular flexibility index (Phi) is 7.17. The molecule has 0 fully saturated rings. The van der Waals surface area contributed by atoms with Crippen molar-refractivity contribution in [2.45, 2.75) is 47.0 Å². The second kappa shape index (κ2) is 8.86. The van der Waals surface area contributed by atoms with Crippen molar-refractivity contribution >= 4 is 11.9 Å². The minimum Gasteiger partial charge on any atom is -0.478 e. The fourth-order valence-electron chi connectivity index (χ4n) is 2.56. The summed E-state index contributed by atoms with van der Waals surface area (Å²) < 4.78 is 0. The number of aliphatic carboxylic acids is 2. The first kappa shape index (κ1) is 19.4. The topological polar surface area (TPSA) is 99.5 Å². The van der Waals surface area contributed by atoms with Crippen LogP contribution in [0.3, 0.4) is 0 Å². The van der Waals surface area contributed by atoms with Gasteiger partial charge < -0.3 is 15.5 Å². The van der Waals surface area contributed by atoms with Gasteiger partial charge in [0.2, 0.25) is 0 Å². The summed E-state index contributed by atoms with van der Waals surface area (Å²) in [6, 6.07) is 2.20. The molecule has 2 heterocycles. The zero-order chi connectivity index (χ0) is 18.3. The quantitative estimate of drug-likeness (QED) is 0.784. The van der Waals surface area contributed by atoms with Crippen molar-refractivity contribution in [1.29, 1.82) is 0 Å². The number of carbonyl (C=O) groups is 2. The Labute approximate surface area is 141 Å². The molecule has 6 heteroatoms. The Morgan fingerprint density at radius 2 is 1.62 bits per heavy atom. The standard InChI is InChI=1S/C11H17N.C7H7NO4/c1-5-10-7-8(3)12-9(4)11(10)6-2;9-6(10)4-1-5(7(11)12)3-8-2-4/h7H,5-6H2,1-4H3;2-3,8H,1H2,(H,9,10)(H,11,12). The Morgan fingerprint density at radius 3 is 2.04 bits per heavy atom. The van der Waals surface area contributed by atoms with Crippen molar-refractivity contribution < 1.29 is 19.8 Å². The minimum absolute atomic E-state index is 0.0440. The summed E-state index contributed by atoms with van der Waals surface area (Å²) in [6.07, 6.45) is 4.72. The van der Waals surface area contributed by atoms with Crippen molar-refractivity contribution in [2.24, 2.45) is 0 Å². The summed E-state index contributed by atoms with van der Waals surface area (Å²) in [6.45, 7) is 8.56. The van der Waals surface area contributed by atoms with Crippen LogP contribution in [-0.4, -0.2) is 27.1 Å². The SMILES string of the molecule is CCc1cc(C)nc(C)c1CC.O=C(O)C1=CNC=C(C(=O)O)C1. The van der Waals surface area contributed by atoms with Crippen LogP contribution in [0.5, 0.6) is 0 Å². The van der Waals surface area contributed by atoms with E-state index in [0.717, 1.165) is 18.5 Å². The third kappa shape index (κ3) is 5.22. The predicted octanol–water partition coefficient (Wildman–Crippen LogP) is 2.74. The van der Waals surface area contributed by atoms with Crippen LogP contribution < -0.4 is 5.32 Å². The van der Waals surface area contributed by atoms with Gasteiger partial charge in [0.25, 0.3) is 0 Å². The molecule has 130 valence electrons. The monoisotopic (exact) mass is 332 g/mol. The number of nitrogens with zero attached hydrogens (tertiary/aromatic N) is 1. The lowest BCUT2D eigenvalue weighted by atomic mass is 10.0. The van der Waals surface area contributed by atoms with Gasteiger partial charge in [0, 0.05) is 30.2 Å². The molecule has 1 aliphatic heterocycles. The molecule has 2 rings (SSSR count). The van der Waals surface area contributed by atoms with Crippen LogP contribution >= 0.6 is 0 Å². The number of carboxylic acid groups (broad SMARTS) is 2. The van der Waals surface area contributed by atoms with Crippen molar-refractivity contribution in [3.63, 3.8) is 0 Å².